The number of aliphatic imine (C=N–C) groups is 1. The Hall–Kier alpha value is -0.610. The van der Waals surface area contributed by atoms with Gasteiger partial charge in [-0.2, -0.15) is 0 Å². The van der Waals surface area contributed by atoms with Crippen LogP contribution in [0.15, 0.2) is 4.99 Å². The van der Waals surface area contributed by atoms with Crippen LogP contribution in [0.2, 0.25) is 0 Å². The molecule has 0 aromatic carbocycles. The Morgan fingerprint density at radius 1 is 1.55 bits per heavy atom. The summed E-state index contributed by atoms with van der Waals surface area (Å²) >= 11 is 0. The largest absolute Gasteiger partial charge is 0.377 e. The molecule has 0 heterocycles. The van der Waals surface area contributed by atoms with Crippen molar-refractivity contribution in [1.82, 2.24) is 5.43 Å². The molecule has 11 heavy (non-hydrogen) atoms. The van der Waals surface area contributed by atoms with E-state index in [0.717, 1.165) is 0 Å². The van der Waals surface area contributed by atoms with Crippen LogP contribution in [-0.4, -0.2) is 25.1 Å². The van der Waals surface area contributed by atoms with E-state index in [1.165, 1.54) is 0 Å². The van der Waals surface area contributed by atoms with Crippen molar-refractivity contribution < 1.29 is 4.74 Å². The molecule has 0 radical (unpaired) electrons. The van der Waals surface area contributed by atoms with Crippen LogP contribution in [-0.2, 0) is 4.74 Å². The van der Waals surface area contributed by atoms with Crippen molar-refractivity contribution in [3.05, 3.63) is 0 Å². The third kappa shape index (κ3) is 5.82. The summed E-state index contributed by atoms with van der Waals surface area (Å²) in [6, 6.07) is 0. The lowest BCUT2D eigenvalue weighted by molar-refractivity contribution is 0.241. The Morgan fingerprint density at radius 3 is 2.36 bits per heavy atom. The molecule has 0 bridgehead atoms. The standard InChI is InChI=1S/C7H17N3O/c1-7(2,3)9-6(10-8)5-11-4/h5,8H2,1-4H3,(H,9,10). The van der Waals surface area contributed by atoms with Gasteiger partial charge in [-0.3, -0.25) is 4.99 Å². The first-order valence-corrected chi connectivity index (χ1v) is 3.54. The van der Waals surface area contributed by atoms with E-state index in [-0.39, 0.29) is 5.54 Å². The Bertz CT molecular complexity index is 137. The van der Waals surface area contributed by atoms with E-state index in [4.69, 9.17) is 10.6 Å². The zero-order valence-corrected chi connectivity index (χ0v) is 7.64. The van der Waals surface area contributed by atoms with Gasteiger partial charge >= 0.3 is 0 Å². The first-order valence-electron chi connectivity index (χ1n) is 3.54. The van der Waals surface area contributed by atoms with Gasteiger partial charge in [-0.05, 0) is 20.8 Å². The number of hydrogen-bond acceptors (Lipinski definition) is 3. The maximum atomic E-state index is 5.21. The normalized spacial score (nSPS) is 13.4. The first-order chi connectivity index (χ1) is 4.99. The monoisotopic (exact) mass is 159 g/mol. The fraction of sp³-hybridized carbons (Fsp3) is 0.857. The predicted molar refractivity (Wildman–Crippen MR) is 46.4 cm³/mol. The average molecular weight is 159 g/mol. The topological polar surface area (TPSA) is 59.6 Å². The molecular formula is C7H17N3O. The van der Waals surface area contributed by atoms with Crippen LogP contribution in [0, 0.1) is 0 Å². The van der Waals surface area contributed by atoms with Crippen LogP contribution in [0.5, 0.6) is 0 Å². The van der Waals surface area contributed by atoms with E-state index >= 15 is 0 Å². The summed E-state index contributed by atoms with van der Waals surface area (Å²) in [6.45, 7) is 6.42. The molecule has 0 aliphatic rings. The van der Waals surface area contributed by atoms with Crippen LogP contribution in [0.1, 0.15) is 20.8 Å². The van der Waals surface area contributed by atoms with E-state index in [0.29, 0.717) is 12.4 Å². The summed E-state index contributed by atoms with van der Waals surface area (Å²) in [4.78, 5) is 4.27. The second-order valence-electron chi connectivity index (χ2n) is 3.31. The number of amidine groups is 1. The van der Waals surface area contributed by atoms with Gasteiger partial charge in [0.1, 0.15) is 12.4 Å². The van der Waals surface area contributed by atoms with E-state index in [1.54, 1.807) is 7.11 Å². The van der Waals surface area contributed by atoms with Gasteiger partial charge < -0.3 is 10.2 Å². The second kappa shape index (κ2) is 4.31. The lowest BCUT2D eigenvalue weighted by atomic mass is 10.1. The zero-order chi connectivity index (χ0) is 8.91. The van der Waals surface area contributed by atoms with Crippen molar-refractivity contribution in [2.75, 3.05) is 13.7 Å². The van der Waals surface area contributed by atoms with Crippen molar-refractivity contribution in [3.63, 3.8) is 0 Å². The Labute approximate surface area is 67.8 Å². The molecule has 3 N–H and O–H groups in total. The molecule has 4 heteroatoms. The fourth-order valence-corrected chi connectivity index (χ4v) is 0.648. The maximum absolute atomic E-state index is 5.21. The molecule has 0 aliphatic carbocycles. The number of ether oxygens (including phenoxy) is 1. The molecule has 66 valence electrons. The third-order valence-corrected chi connectivity index (χ3v) is 0.918. The number of hydrazine groups is 1. The van der Waals surface area contributed by atoms with Crippen molar-refractivity contribution in [2.24, 2.45) is 10.8 Å². The molecule has 0 atom stereocenters. The number of nitrogens with two attached hydrogens (primary N) is 1. The highest BCUT2D eigenvalue weighted by Gasteiger charge is 2.08. The van der Waals surface area contributed by atoms with E-state index in [1.807, 2.05) is 20.8 Å². The molecule has 4 nitrogen and oxygen atoms in total. The summed E-state index contributed by atoms with van der Waals surface area (Å²) in [5.74, 6) is 5.87. The van der Waals surface area contributed by atoms with Gasteiger partial charge in [0.25, 0.3) is 0 Å². The summed E-state index contributed by atoms with van der Waals surface area (Å²) in [5.41, 5.74) is 2.37. The van der Waals surface area contributed by atoms with Gasteiger partial charge in [0, 0.05) is 7.11 Å². The van der Waals surface area contributed by atoms with E-state index < -0.39 is 0 Å². The lowest BCUT2D eigenvalue weighted by Crippen LogP contribution is -2.35. The Morgan fingerprint density at radius 2 is 2.09 bits per heavy atom. The minimum absolute atomic E-state index is 0.111. The van der Waals surface area contributed by atoms with Crippen molar-refractivity contribution in [1.29, 1.82) is 0 Å². The summed E-state index contributed by atoms with van der Waals surface area (Å²) < 4.78 is 4.87. The SMILES string of the molecule is COCC(=NC(C)(C)C)NN. The summed E-state index contributed by atoms with van der Waals surface area (Å²) in [7, 11) is 1.61. The minimum atomic E-state index is -0.111. The van der Waals surface area contributed by atoms with Crippen molar-refractivity contribution in [3.8, 4) is 0 Å². The highest BCUT2D eigenvalue weighted by molar-refractivity contribution is 5.83. The number of nitrogens with zero attached hydrogens (tertiary/aromatic N) is 1. The van der Waals surface area contributed by atoms with Crippen molar-refractivity contribution in [2.45, 2.75) is 26.3 Å². The van der Waals surface area contributed by atoms with Gasteiger partial charge in [-0.25, -0.2) is 5.84 Å². The molecule has 0 amide bonds. The lowest BCUT2D eigenvalue weighted by Gasteiger charge is -2.14. The van der Waals surface area contributed by atoms with Crippen molar-refractivity contribution >= 4 is 5.84 Å². The molecule has 0 fully saturated rings. The molecule has 0 saturated carbocycles. The van der Waals surface area contributed by atoms with Crippen LogP contribution in [0.25, 0.3) is 0 Å². The number of rotatable bonds is 2. The predicted octanol–water partition coefficient (Wildman–Crippen LogP) is 0.293. The molecule has 0 spiro atoms. The van der Waals surface area contributed by atoms with Crippen LogP contribution in [0.4, 0.5) is 0 Å². The first kappa shape index (κ1) is 10.4. The number of methoxy groups -OCH3 is 1. The van der Waals surface area contributed by atoms with Crippen LogP contribution >= 0.6 is 0 Å². The van der Waals surface area contributed by atoms with Gasteiger partial charge in [0.2, 0.25) is 0 Å². The number of nitrogens with one attached hydrogen (secondary N) is 1. The Balaban J connectivity index is 4.11. The average Bonchev–Trinajstić information content (AvgIpc) is 1.84. The highest BCUT2D eigenvalue weighted by atomic mass is 16.5. The van der Waals surface area contributed by atoms with Gasteiger partial charge in [-0.1, -0.05) is 0 Å². The zero-order valence-electron chi connectivity index (χ0n) is 7.64. The van der Waals surface area contributed by atoms with E-state index in [2.05, 4.69) is 10.4 Å². The van der Waals surface area contributed by atoms with Crippen LogP contribution in [0.3, 0.4) is 0 Å². The number of hydrogen-bond donors (Lipinski definition) is 2. The van der Waals surface area contributed by atoms with Gasteiger partial charge in [-0.15, -0.1) is 0 Å². The van der Waals surface area contributed by atoms with E-state index in [9.17, 15) is 0 Å². The molecule has 0 rings (SSSR count). The Kier molecular flexibility index (Phi) is 4.07. The highest BCUT2D eigenvalue weighted by Crippen LogP contribution is 2.05. The molecule has 0 aromatic heterocycles. The molecule has 0 aliphatic heterocycles. The second-order valence-corrected chi connectivity index (χ2v) is 3.31. The van der Waals surface area contributed by atoms with Crippen LogP contribution < -0.4 is 11.3 Å². The molecular weight excluding hydrogens is 142 g/mol. The smallest absolute Gasteiger partial charge is 0.137 e. The van der Waals surface area contributed by atoms with Gasteiger partial charge in [0.05, 0.1) is 5.54 Å². The summed E-state index contributed by atoms with van der Waals surface area (Å²) in [6.07, 6.45) is 0. The maximum Gasteiger partial charge on any atom is 0.137 e. The fourth-order valence-electron chi connectivity index (χ4n) is 0.648. The molecule has 0 unspecified atom stereocenters. The third-order valence-electron chi connectivity index (χ3n) is 0.918. The van der Waals surface area contributed by atoms with Gasteiger partial charge in [0.15, 0.2) is 0 Å². The molecule has 0 aromatic rings. The molecule has 0 saturated heterocycles. The quantitative estimate of drug-likeness (QED) is 0.263. The summed E-state index contributed by atoms with van der Waals surface area (Å²) in [5, 5.41) is 0. The minimum Gasteiger partial charge on any atom is -0.377 e.